The number of rotatable bonds is 2. The highest BCUT2D eigenvalue weighted by Crippen LogP contribution is 2.31. The third-order valence-electron chi connectivity index (χ3n) is 1.52. The summed E-state index contributed by atoms with van der Waals surface area (Å²) in [5.74, 6) is 0. The van der Waals surface area contributed by atoms with Crippen molar-refractivity contribution in [2.45, 2.75) is 11.8 Å². The van der Waals surface area contributed by atoms with Gasteiger partial charge in [-0.3, -0.25) is 0 Å². The molecule has 0 radical (unpaired) electrons. The second-order valence-corrected chi connectivity index (χ2v) is 3.86. The van der Waals surface area contributed by atoms with E-state index >= 15 is 0 Å². The number of nitrogens with two attached hydrogens (primary N) is 1. The van der Waals surface area contributed by atoms with Crippen LogP contribution >= 0.6 is 23.4 Å². The van der Waals surface area contributed by atoms with Crippen molar-refractivity contribution in [3.8, 4) is 0 Å². The predicted octanol–water partition coefficient (Wildman–Crippen LogP) is 3.47. The number of hydrogen-bond donors (Lipinski definition) is 1. The quantitative estimate of drug-likeness (QED) is 0.583. The van der Waals surface area contributed by atoms with E-state index in [1.165, 1.54) is 11.8 Å². The standard InChI is InChI=1S/C9H10ClNS/c1-3-12-8-5-7(10)4-6(2)9(8)11/h3-5H,1,11H2,2H3. The van der Waals surface area contributed by atoms with Crippen molar-refractivity contribution in [2.24, 2.45) is 0 Å². The van der Waals surface area contributed by atoms with Gasteiger partial charge in [0.05, 0.1) is 0 Å². The van der Waals surface area contributed by atoms with Crippen LogP contribution < -0.4 is 5.73 Å². The van der Waals surface area contributed by atoms with Gasteiger partial charge in [0.1, 0.15) is 0 Å². The molecule has 0 saturated carbocycles. The van der Waals surface area contributed by atoms with E-state index in [9.17, 15) is 0 Å². The van der Waals surface area contributed by atoms with Crippen molar-refractivity contribution in [2.75, 3.05) is 5.73 Å². The van der Waals surface area contributed by atoms with E-state index in [-0.39, 0.29) is 0 Å². The Morgan fingerprint density at radius 1 is 1.58 bits per heavy atom. The summed E-state index contributed by atoms with van der Waals surface area (Å²) in [6.45, 7) is 5.56. The lowest BCUT2D eigenvalue weighted by atomic mass is 10.2. The van der Waals surface area contributed by atoms with Crippen LogP contribution in [0, 0.1) is 6.92 Å². The van der Waals surface area contributed by atoms with E-state index in [2.05, 4.69) is 6.58 Å². The van der Waals surface area contributed by atoms with Crippen LogP contribution in [0.3, 0.4) is 0 Å². The normalized spacial score (nSPS) is 9.83. The third kappa shape index (κ3) is 1.96. The number of nitrogen functional groups attached to an aromatic ring is 1. The first-order valence-corrected chi connectivity index (χ1v) is 4.74. The Bertz CT molecular complexity index is 310. The average Bonchev–Trinajstić information content (AvgIpc) is 2.00. The maximum Gasteiger partial charge on any atom is 0.0486 e. The molecule has 1 aromatic carbocycles. The van der Waals surface area contributed by atoms with Crippen LogP contribution in [0.2, 0.25) is 5.02 Å². The molecule has 0 aliphatic rings. The molecule has 0 bridgehead atoms. The second kappa shape index (κ2) is 3.87. The number of hydrogen-bond acceptors (Lipinski definition) is 2. The highest BCUT2D eigenvalue weighted by atomic mass is 35.5. The van der Waals surface area contributed by atoms with E-state index in [0.717, 1.165) is 16.1 Å². The van der Waals surface area contributed by atoms with Crippen LogP contribution in [0.4, 0.5) is 5.69 Å². The summed E-state index contributed by atoms with van der Waals surface area (Å²) in [5, 5.41) is 2.45. The van der Waals surface area contributed by atoms with Gasteiger partial charge in [-0.2, -0.15) is 0 Å². The SMILES string of the molecule is C=CSc1cc(Cl)cc(C)c1N. The Balaban J connectivity index is 3.17. The molecule has 0 aliphatic carbocycles. The van der Waals surface area contributed by atoms with Crippen molar-refractivity contribution in [3.63, 3.8) is 0 Å². The second-order valence-electron chi connectivity index (χ2n) is 2.42. The summed E-state index contributed by atoms with van der Waals surface area (Å²) in [6.07, 6.45) is 0. The first kappa shape index (κ1) is 9.49. The van der Waals surface area contributed by atoms with E-state index in [1.807, 2.05) is 19.1 Å². The van der Waals surface area contributed by atoms with Crippen molar-refractivity contribution in [1.29, 1.82) is 0 Å². The molecule has 3 heteroatoms. The van der Waals surface area contributed by atoms with Crippen molar-refractivity contribution in [1.82, 2.24) is 0 Å². The van der Waals surface area contributed by atoms with Crippen LogP contribution in [0.1, 0.15) is 5.56 Å². The zero-order valence-electron chi connectivity index (χ0n) is 6.80. The van der Waals surface area contributed by atoms with Gasteiger partial charge in [0, 0.05) is 15.6 Å². The number of aryl methyl sites for hydroxylation is 1. The summed E-state index contributed by atoms with van der Waals surface area (Å²) < 4.78 is 0. The molecule has 0 saturated heterocycles. The van der Waals surface area contributed by atoms with Crippen LogP contribution in [-0.2, 0) is 0 Å². The highest BCUT2D eigenvalue weighted by molar-refractivity contribution is 8.02. The largest absolute Gasteiger partial charge is 0.398 e. The number of anilines is 1. The summed E-state index contributed by atoms with van der Waals surface area (Å²) in [7, 11) is 0. The lowest BCUT2D eigenvalue weighted by molar-refractivity contribution is 1.37. The van der Waals surface area contributed by atoms with Crippen LogP contribution in [-0.4, -0.2) is 0 Å². The monoisotopic (exact) mass is 199 g/mol. The van der Waals surface area contributed by atoms with Gasteiger partial charge in [0.2, 0.25) is 0 Å². The smallest absolute Gasteiger partial charge is 0.0486 e. The Morgan fingerprint density at radius 2 is 2.25 bits per heavy atom. The molecule has 0 heterocycles. The Labute approximate surface area is 81.6 Å². The van der Waals surface area contributed by atoms with Crippen molar-refractivity contribution < 1.29 is 0 Å². The van der Waals surface area contributed by atoms with Gasteiger partial charge in [0.25, 0.3) is 0 Å². The zero-order chi connectivity index (χ0) is 9.14. The van der Waals surface area contributed by atoms with E-state index in [4.69, 9.17) is 17.3 Å². The van der Waals surface area contributed by atoms with Gasteiger partial charge in [-0.15, -0.1) is 0 Å². The molecule has 2 N–H and O–H groups in total. The number of halogens is 1. The van der Waals surface area contributed by atoms with E-state index < -0.39 is 0 Å². The van der Waals surface area contributed by atoms with E-state index in [0.29, 0.717) is 5.02 Å². The third-order valence-corrected chi connectivity index (χ3v) is 2.50. The van der Waals surface area contributed by atoms with Crippen molar-refractivity contribution >= 4 is 29.1 Å². The van der Waals surface area contributed by atoms with Gasteiger partial charge < -0.3 is 5.73 Å². The summed E-state index contributed by atoms with van der Waals surface area (Å²) in [5.41, 5.74) is 7.60. The average molecular weight is 200 g/mol. The Kier molecular flexibility index (Phi) is 3.06. The first-order valence-electron chi connectivity index (χ1n) is 3.48. The minimum absolute atomic E-state index is 0.714. The lowest BCUT2D eigenvalue weighted by Gasteiger charge is -2.05. The zero-order valence-corrected chi connectivity index (χ0v) is 8.38. The molecule has 1 rings (SSSR count). The predicted molar refractivity (Wildman–Crippen MR) is 56.7 cm³/mol. The first-order chi connectivity index (χ1) is 5.65. The van der Waals surface area contributed by atoms with Crippen molar-refractivity contribution in [3.05, 3.63) is 34.7 Å². The van der Waals surface area contributed by atoms with Gasteiger partial charge in [-0.1, -0.05) is 29.9 Å². The molecule has 0 spiro atoms. The molecule has 0 atom stereocenters. The van der Waals surface area contributed by atoms with Crippen LogP contribution in [0.25, 0.3) is 0 Å². The fraction of sp³-hybridized carbons (Fsp3) is 0.111. The highest BCUT2D eigenvalue weighted by Gasteiger charge is 2.02. The fourth-order valence-corrected chi connectivity index (χ4v) is 1.91. The molecule has 0 aromatic heterocycles. The minimum Gasteiger partial charge on any atom is -0.398 e. The van der Waals surface area contributed by atoms with Gasteiger partial charge in [-0.05, 0) is 30.0 Å². The Hall–Kier alpha value is -0.600. The fourth-order valence-electron chi connectivity index (χ4n) is 0.911. The maximum absolute atomic E-state index is 5.85. The minimum atomic E-state index is 0.714. The van der Waals surface area contributed by atoms with Gasteiger partial charge >= 0.3 is 0 Å². The van der Waals surface area contributed by atoms with Crippen LogP contribution in [0.15, 0.2) is 29.0 Å². The molecular formula is C9H10ClNS. The topological polar surface area (TPSA) is 26.0 Å². The maximum atomic E-state index is 5.85. The lowest BCUT2D eigenvalue weighted by Crippen LogP contribution is -1.91. The number of benzene rings is 1. The molecule has 1 nitrogen and oxygen atoms in total. The number of thioether (sulfide) groups is 1. The molecule has 0 unspecified atom stereocenters. The van der Waals surface area contributed by atoms with Crippen LogP contribution in [0.5, 0.6) is 0 Å². The summed E-state index contributed by atoms with van der Waals surface area (Å²) in [4.78, 5) is 0.968. The molecule has 0 aliphatic heterocycles. The molecule has 12 heavy (non-hydrogen) atoms. The molecule has 64 valence electrons. The molecule has 0 amide bonds. The van der Waals surface area contributed by atoms with Gasteiger partial charge in [0.15, 0.2) is 0 Å². The van der Waals surface area contributed by atoms with Gasteiger partial charge in [-0.25, -0.2) is 0 Å². The Morgan fingerprint density at radius 3 is 2.83 bits per heavy atom. The molecule has 1 aromatic rings. The molecule has 0 fully saturated rings. The summed E-state index contributed by atoms with van der Waals surface area (Å²) in [6, 6.07) is 3.69. The van der Waals surface area contributed by atoms with E-state index in [1.54, 1.807) is 5.41 Å². The molecular weight excluding hydrogens is 190 g/mol. The summed E-state index contributed by atoms with van der Waals surface area (Å²) >= 11 is 7.34.